The Bertz CT molecular complexity index is 490. The van der Waals surface area contributed by atoms with Gasteiger partial charge < -0.3 is 5.32 Å². The standard InChI is InChI=1S/C15H18BrF2NO/c1-15(5-3-2-4-6-15)9-19-14(20)13-11(17)7-10(16)8-12(13)18/h7-8H,2-6,9H2,1H3,(H,19,20). The lowest BCUT2D eigenvalue weighted by Crippen LogP contribution is -2.37. The number of benzene rings is 1. The van der Waals surface area contributed by atoms with Crippen molar-refractivity contribution in [3.63, 3.8) is 0 Å². The Hall–Kier alpha value is -0.970. The summed E-state index contributed by atoms with van der Waals surface area (Å²) in [4.78, 5) is 12.0. The Balaban J connectivity index is 2.05. The zero-order valence-corrected chi connectivity index (χ0v) is 13.0. The van der Waals surface area contributed by atoms with E-state index in [1.165, 1.54) is 6.42 Å². The van der Waals surface area contributed by atoms with Crippen LogP contribution in [-0.2, 0) is 0 Å². The van der Waals surface area contributed by atoms with Gasteiger partial charge in [-0.25, -0.2) is 8.78 Å². The molecule has 1 aliphatic rings. The molecule has 20 heavy (non-hydrogen) atoms. The molecule has 0 unspecified atom stereocenters. The van der Waals surface area contributed by atoms with Crippen LogP contribution in [0, 0.1) is 17.0 Å². The molecule has 0 aromatic heterocycles. The molecule has 0 radical (unpaired) electrons. The maximum atomic E-state index is 13.7. The average Bonchev–Trinajstić information content (AvgIpc) is 2.36. The quantitative estimate of drug-likeness (QED) is 0.862. The van der Waals surface area contributed by atoms with Crippen LogP contribution >= 0.6 is 15.9 Å². The normalized spacial score (nSPS) is 17.8. The Morgan fingerprint density at radius 1 is 1.25 bits per heavy atom. The monoisotopic (exact) mass is 345 g/mol. The fourth-order valence-corrected chi connectivity index (χ4v) is 3.13. The molecule has 0 spiro atoms. The Kier molecular flexibility index (Phi) is 4.78. The molecule has 5 heteroatoms. The molecule has 1 aromatic carbocycles. The molecule has 2 rings (SSSR count). The van der Waals surface area contributed by atoms with Crippen LogP contribution in [0.3, 0.4) is 0 Å². The van der Waals surface area contributed by atoms with Crippen LogP contribution in [-0.4, -0.2) is 12.5 Å². The molecule has 0 saturated heterocycles. The van der Waals surface area contributed by atoms with Crippen molar-refractivity contribution in [2.24, 2.45) is 5.41 Å². The van der Waals surface area contributed by atoms with Gasteiger partial charge in [0.2, 0.25) is 0 Å². The highest BCUT2D eigenvalue weighted by Gasteiger charge is 2.28. The third kappa shape index (κ3) is 3.57. The molecule has 0 atom stereocenters. The summed E-state index contributed by atoms with van der Waals surface area (Å²) in [7, 11) is 0. The Morgan fingerprint density at radius 3 is 2.35 bits per heavy atom. The molecule has 1 N–H and O–H groups in total. The molecular weight excluding hydrogens is 328 g/mol. The first-order valence-corrected chi connectivity index (χ1v) is 7.63. The second-order valence-electron chi connectivity index (χ2n) is 5.80. The van der Waals surface area contributed by atoms with E-state index in [1.807, 2.05) is 0 Å². The van der Waals surface area contributed by atoms with Gasteiger partial charge in [-0.05, 0) is 30.4 Å². The highest BCUT2D eigenvalue weighted by Crippen LogP contribution is 2.35. The summed E-state index contributed by atoms with van der Waals surface area (Å²) in [6.07, 6.45) is 5.59. The van der Waals surface area contributed by atoms with E-state index in [-0.39, 0.29) is 9.89 Å². The van der Waals surface area contributed by atoms with E-state index in [0.717, 1.165) is 37.8 Å². The maximum Gasteiger partial charge on any atom is 0.257 e. The van der Waals surface area contributed by atoms with Gasteiger partial charge in [0.1, 0.15) is 17.2 Å². The summed E-state index contributed by atoms with van der Waals surface area (Å²) in [6, 6.07) is 2.20. The van der Waals surface area contributed by atoms with Crippen LogP contribution < -0.4 is 5.32 Å². The van der Waals surface area contributed by atoms with Crippen LogP contribution in [0.25, 0.3) is 0 Å². The third-order valence-electron chi connectivity index (χ3n) is 3.97. The fraction of sp³-hybridized carbons (Fsp3) is 0.533. The van der Waals surface area contributed by atoms with E-state index in [0.29, 0.717) is 6.54 Å². The van der Waals surface area contributed by atoms with Gasteiger partial charge in [-0.2, -0.15) is 0 Å². The Labute approximate surface area is 126 Å². The second kappa shape index (κ2) is 6.20. The topological polar surface area (TPSA) is 29.1 Å². The van der Waals surface area contributed by atoms with Crippen molar-refractivity contribution in [2.75, 3.05) is 6.54 Å². The number of nitrogens with one attached hydrogen (secondary N) is 1. The van der Waals surface area contributed by atoms with E-state index < -0.39 is 23.1 Å². The minimum atomic E-state index is -0.844. The summed E-state index contributed by atoms with van der Waals surface area (Å²) in [6.45, 7) is 2.57. The van der Waals surface area contributed by atoms with E-state index in [4.69, 9.17) is 0 Å². The zero-order chi connectivity index (χ0) is 14.8. The van der Waals surface area contributed by atoms with Crippen LogP contribution in [0.2, 0.25) is 0 Å². The van der Waals surface area contributed by atoms with Crippen LogP contribution in [0.15, 0.2) is 16.6 Å². The predicted octanol–water partition coefficient (Wildman–Crippen LogP) is 4.43. The van der Waals surface area contributed by atoms with Crippen LogP contribution in [0.4, 0.5) is 8.78 Å². The van der Waals surface area contributed by atoms with Crippen LogP contribution in [0.1, 0.15) is 49.4 Å². The Morgan fingerprint density at radius 2 is 1.80 bits per heavy atom. The average molecular weight is 346 g/mol. The largest absolute Gasteiger partial charge is 0.351 e. The molecular formula is C15H18BrF2NO. The molecule has 1 amide bonds. The van der Waals surface area contributed by atoms with Gasteiger partial charge in [0.15, 0.2) is 0 Å². The number of hydrogen-bond donors (Lipinski definition) is 1. The second-order valence-corrected chi connectivity index (χ2v) is 6.71. The van der Waals surface area contributed by atoms with Gasteiger partial charge in [-0.1, -0.05) is 42.1 Å². The van der Waals surface area contributed by atoms with E-state index in [2.05, 4.69) is 28.2 Å². The van der Waals surface area contributed by atoms with Gasteiger partial charge in [0.05, 0.1) is 0 Å². The molecule has 2 nitrogen and oxygen atoms in total. The third-order valence-corrected chi connectivity index (χ3v) is 4.43. The molecule has 0 aliphatic heterocycles. The number of hydrogen-bond acceptors (Lipinski definition) is 1. The first-order valence-electron chi connectivity index (χ1n) is 6.84. The summed E-state index contributed by atoms with van der Waals surface area (Å²) in [5.74, 6) is -2.37. The molecule has 110 valence electrons. The number of carbonyl (C=O) groups excluding carboxylic acids is 1. The summed E-state index contributed by atoms with van der Waals surface area (Å²) < 4.78 is 27.7. The minimum Gasteiger partial charge on any atom is -0.351 e. The SMILES string of the molecule is CC1(CNC(=O)c2c(F)cc(Br)cc2F)CCCCC1. The highest BCUT2D eigenvalue weighted by molar-refractivity contribution is 9.10. The van der Waals surface area contributed by atoms with Gasteiger partial charge >= 0.3 is 0 Å². The first kappa shape index (κ1) is 15.4. The van der Waals surface area contributed by atoms with Gasteiger partial charge in [0, 0.05) is 11.0 Å². The van der Waals surface area contributed by atoms with Gasteiger partial charge in [-0.15, -0.1) is 0 Å². The molecule has 1 fully saturated rings. The van der Waals surface area contributed by atoms with Crippen molar-refractivity contribution < 1.29 is 13.6 Å². The van der Waals surface area contributed by atoms with E-state index in [9.17, 15) is 13.6 Å². The smallest absolute Gasteiger partial charge is 0.257 e. The van der Waals surface area contributed by atoms with Gasteiger partial charge in [-0.3, -0.25) is 4.79 Å². The van der Waals surface area contributed by atoms with Gasteiger partial charge in [0.25, 0.3) is 5.91 Å². The number of rotatable bonds is 3. The van der Waals surface area contributed by atoms with Crippen molar-refractivity contribution in [3.8, 4) is 0 Å². The minimum absolute atomic E-state index is 0.0379. The van der Waals surface area contributed by atoms with Crippen molar-refractivity contribution in [3.05, 3.63) is 33.8 Å². The van der Waals surface area contributed by atoms with E-state index >= 15 is 0 Å². The molecule has 1 saturated carbocycles. The van der Waals surface area contributed by atoms with Crippen molar-refractivity contribution in [1.29, 1.82) is 0 Å². The molecule has 1 aliphatic carbocycles. The summed E-state index contributed by atoms with van der Waals surface area (Å²) in [5, 5.41) is 2.68. The summed E-state index contributed by atoms with van der Waals surface area (Å²) >= 11 is 2.99. The van der Waals surface area contributed by atoms with Crippen molar-refractivity contribution in [1.82, 2.24) is 5.32 Å². The molecule has 0 bridgehead atoms. The number of halogens is 3. The molecule has 0 heterocycles. The fourth-order valence-electron chi connectivity index (χ4n) is 2.72. The van der Waals surface area contributed by atoms with Crippen molar-refractivity contribution in [2.45, 2.75) is 39.0 Å². The lowest BCUT2D eigenvalue weighted by atomic mass is 9.76. The first-order chi connectivity index (χ1) is 9.41. The summed E-state index contributed by atoms with van der Waals surface area (Å²) in [5.41, 5.74) is -0.469. The maximum absolute atomic E-state index is 13.7. The lowest BCUT2D eigenvalue weighted by molar-refractivity contribution is 0.0910. The van der Waals surface area contributed by atoms with Crippen molar-refractivity contribution >= 4 is 21.8 Å². The lowest BCUT2D eigenvalue weighted by Gasteiger charge is -2.33. The number of amides is 1. The zero-order valence-electron chi connectivity index (χ0n) is 11.4. The molecule has 1 aromatic rings. The van der Waals surface area contributed by atoms with Crippen LogP contribution in [0.5, 0.6) is 0 Å². The highest BCUT2D eigenvalue weighted by atomic mass is 79.9. The number of carbonyl (C=O) groups is 1. The predicted molar refractivity (Wildman–Crippen MR) is 77.6 cm³/mol. The van der Waals surface area contributed by atoms with E-state index in [1.54, 1.807) is 0 Å².